The van der Waals surface area contributed by atoms with Gasteiger partial charge in [-0.05, 0) is 24.3 Å². The van der Waals surface area contributed by atoms with Gasteiger partial charge in [0.25, 0.3) is 12.3 Å². The highest BCUT2D eigenvalue weighted by molar-refractivity contribution is 6.30. The molecule has 16 heavy (non-hydrogen) atoms. The minimum Gasteiger partial charge on any atom is -0.385 e. The van der Waals surface area contributed by atoms with E-state index in [0.29, 0.717) is 10.6 Å². The number of carbonyl (C=O) groups excluding carboxylic acids is 1. The number of aliphatic hydroxyl groups is 1. The first-order valence-electron chi connectivity index (χ1n) is 4.50. The molecule has 0 bridgehead atoms. The van der Waals surface area contributed by atoms with Crippen molar-refractivity contribution >= 4 is 17.5 Å². The molecule has 0 radical (unpaired) electrons. The van der Waals surface area contributed by atoms with Crippen molar-refractivity contribution in [3.8, 4) is 0 Å². The van der Waals surface area contributed by atoms with Crippen LogP contribution in [-0.2, 0) is 0 Å². The Hall–Kier alpha value is -1.20. The monoisotopic (exact) mass is 249 g/mol. The van der Waals surface area contributed by atoms with Gasteiger partial charge in [0, 0.05) is 17.1 Å². The molecule has 0 heterocycles. The van der Waals surface area contributed by atoms with Gasteiger partial charge in [0.15, 0.2) is 0 Å². The second-order valence-corrected chi connectivity index (χ2v) is 3.56. The second kappa shape index (κ2) is 5.77. The number of amides is 1. The summed E-state index contributed by atoms with van der Waals surface area (Å²) < 4.78 is 23.8. The van der Waals surface area contributed by atoms with Crippen LogP contribution in [0.1, 0.15) is 10.4 Å². The molecular formula is C10H10ClF2NO2. The number of rotatable bonds is 4. The highest BCUT2D eigenvalue weighted by Crippen LogP contribution is 2.09. The van der Waals surface area contributed by atoms with Crippen LogP contribution in [0.4, 0.5) is 8.78 Å². The molecule has 1 aromatic carbocycles. The minimum atomic E-state index is -2.87. The summed E-state index contributed by atoms with van der Waals surface area (Å²) in [4.78, 5) is 11.4. The Morgan fingerprint density at radius 2 is 1.94 bits per heavy atom. The molecule has 1 amide bonds. The second-order valence-electron chi connectivity index (χ2n) is 3.12. The van der Waals surface area contributed by atoms with Crippen LogP contribution in [0.5, 0.6) is 0 Å². The maximum atomic E-state index is 11.9. The first-order chi connectivity index (χ1) is 7.50. The van der Waals surface area contributed by atoms with Gasteiger partial charge in [-0.2, -0.15) is 0 Å². The molecular weight excluding hydrogens is 240 g/mol. The lowest BCUT2D eigenvalue weighted by atomic mass is 10.2. The fraction of sp³-hybridized carbons (Fsp3) is 0.300. The van der Waals surface area contributed by atoms with Crippen LogP contribution < -0.4 is 5.32 Å². The van der Waals surface area contributed by atoms with Crippen LogP contribution in [-0.4, -0.2) is 30.1 Å². The van der Waals surface area contributed by atoms with Crippen molar-refractivity contribution in [2.75, 3.05) is 6.54 Å². The lowest BCUT2D eigenvalue weighted by Gasteiger charge is -2.10. The fourth-order valence-corrected chi connectivity index (χ4v) is 1.12. The van der Waals surface area contributed by atoms with Gasteiger partial charge in [-0.1, -0.05) is 11.6 Å². The summed E-state index contributed by atoms with van der Waals surface area (Å²) in [6.45, 7) is -0.487. The predicted molar refractivity (Wildman–Crippen MR) is 55.8 cm³/mol. The Kier molecular flexibility index (Phi) is 4.64. The van der Waals surface area contributed by atoms with Gasteiger partial charge < -0.3 is 10.4 Å². The number of alkyl halides is 2. The van der Waals surface area contributed by atoms with E-state index >= 15 is 0 Å². The Bertz CT molecular complexity index is 356. The quantitative estimate of drug-likeness (QED) is 0.853. The molecule has 1 unspecified atom stereocenters. The Morgan fingerprint density at radius 3 is 2.44 bits per heavy atom. The van der Waals surface area contributed by atoms with Crippen molar-refractivity contribution in [2.45, 2.75) is 12.5 Å². The average Bonchev–Trinajstić information content (AvgIpc) is 2.26. The third kappa shape index (κ3) is 3.75. The lowest BCUT2D eigenvalue weighted by molar-refractivity contribution is -0.00270. The molecule has 1 aromatic rings. The van der Waals surface area contributed by atoms with Crippen molar-refractivity contribution in [3.05, 3.63) is 34.9 Å². The van der Waals surface area contributed by atoms with E-state index in [4.69, 9.17) is 16.7 Å². The molecule has 0 aliphatic heterocycles. The smallest absolute Gasteiger partial charge is 0.265 e. The molecule has 0 fully saturated rings. The van der Waals surface area contributed by atoms with E-state index in [0.717, 1.165) is 0 Å². The van der Waals surface area contributed by atoms with Gasteiger partial charge in [0.2, 0.25) is 0 Å². The molecule has 2 N–H and O–H groups in total. The van der Waals surface area contributed by atoms with E-state index in [9.17, 15) is 13.6 Å². The summed E-state index contributed by atoms with van der Waals surface area (Å²) in [7, 11) is 0. The van der Waals surface area contributed by atoms with E-state index in [-0.39, 0.29) is 0 Å². The highest BCUT2D eigenvalue weighted by atomic mass is 35.5. The SMILES string of the molecule is O=C(NCC(O)C(F)F)c1ccc(Cl)cc1. The summed E-state index contributed by atoms with van der Waals surface area (Å²) >= 11 is 5.61. The molecule has 0 saturated heterocycles. The van der Waals surface area contributed by atoms with Gasteiger partial charge in [0.1, 0.15) is 6.10 Å². The molecule has 3 nitrogen and oxygen atoms in total. The first kappa shape index (κ1) is 12.9. The number of hydrogen-bond donors (Lipinski definition) is 2. The van der Waals surface area contributed by atoms with E-state index in [1.165, 1.54) is 24.3 Å². The number of carbonyl (C=O) groups is 1. The molecule has 0 saturated carbocycles. The number of aliphatic hydroxyl groups excluding tert-OH is 1. The first-order valence-corrected chi connectivity index (χ1v) is 4.88. The fourth-order valence-electron chi connectivity index (χ4n) is 0.990. The average molecular weight is 250 g/mol. The maximum Gasteiger partial charge on any atom is 0.265 e. The number of nitrogens with one attached hydrogen (secondary N) is 1. The van der Waals surface area contributed by atoms with Crippen molar-refractivity contribution < 1.29 is 18.7 Å². The Labute approximate surface area is 96.0 Å². The summed E-state index contributed by atoms with van der Waals surface area (Å²) in [5, 5.41) is 11.4. The van der Waals surface area contributed by atoms with Gasteiger partial charge in [-0.15, -0.1) is 0 Å². The largest absolute Gasteiger partial charge is 0.385 e. The van der Waals surface area contributed by atoms with Crippen molar-refractivity contribution in [2.24, 2.45) is 0 Å². The molecule has 0 spiro atoms. The van der Waals surface area contributed by atoms with Crippen LogP contribution >= 0.6 is 11.6 Å². The van der Waals surface area contributed by atoms with E-state index in [2.05, 4.69) is 5.32 Å². The molecule has 88 valence electrons. The van der Waals surface area contributed by atoms with Crippen LogP contribution in [0.25, 0.3) is 0 Å². The van der Waals surface area contributed by atoms with Crippen LogP contribution in [0.3, 0.4) is 0 Å². The third-order valence-corrected chi connectivity index (χ3v) is 2.12. The summed E-state index contributed by atoms with van der Waals surface area (Å²) in [5.74, 6) is -0.531. The predicted octanol–water partition coefficient (Wildman–Crippen LogP) is 1.70. The van der Waals surface area contributed by atoms with Crippen LogP contribution in [0.2, 0.25) is 5.02 Å². The molecule has 1 atom stereocenters. The Balaban J connectivity index is 2.50. The topological polar surface area (TPSA) is 49.3 Å². The summed E-state index contributed by atoms with van der Waals surface area (Å²) in [6.07, 6.45) is -4.72. The maximum absolute atomic E-state index is 11.9. The number of benzene rings is 1. The molecule has 0 aliphatic carbocycles. The van der Waals surface area contributed by atoms with Gasteiger partial charge >= 0.3 is 0 Å². The lowest BCUT2D eigenvalue weighted by Crippen LogP contribution is -2.35. The van der Waals surface area contributed by atoms with Crippen LogP contribution in [0, 0.1) is 0 Å². The summed E-state index contributed by atoms with van der Waals surface area (Å²) in [6, 6.07) is 5.96. The highest BCUT2D eigenvalue weighted by Gasteiger charge is 2.17. The normalized spacial score (nSPS) is 12.6. The zero-order valence-corrected chi connectivity index (χ0v) is 8.92. The van der Waals surface area contributed by atoms with Gasteiger partial charge in [0.05, 0.1) is 0 Å². The minimum absolute atomic E-state index is 0.297. The molecule has 0 aliphatic rings. The standard InChI is InChI=1S/C10H10ClF2NO2/c11-7-3-1-6(2-4-7)10(16)14-5-8(15)9(12)13/h1-4,8-9,15H,5H2,(H,14,16). The van der Waals surface area contributed by atoms with E-state index < -0.39 is 25.0 Å². The van der Waals surface area contributed by atoms with Gasteiger partial charge in [-0.25, -0.2) is 8.78 Å². The zero-order chi connectivity index (χ0) is 12.1. The number of hydrogen-bond acceptors (Lipinski definition) is 2. The van der Waals surface area contributed by atoms with Crippen molar-refractivity contribution in [1.82, 2.24) is 5.32 Å². The Morgan fingerprint density at radius 1 is 1.38 bits per heavy atom. The molecule has 1 rings (SSSR count). The van der Waals surface area contributed by atoms with E-state index in [1.54, 1.807) is 0 Å². The number of halogens is 3. The molecule has 6 heteroatoms. The van der Waals surface area contributed by atoms with Gasteiger partial charge in [-0.3, -0.25) is 4.79 Å². The zero-order valence-electron chi connectivity index (χ0n) is 8.16. The third-order valence-electron chi connectivity index (χ3n) is 1.87. The van der Waals surface area contributed by atoms with E-state index in [1.807, 2.05) is 0 Å². The van der Waals surface area contributed by atoms with Crippen LogP contribution in [0.15, 0.2) is 24.3 Å². The van der Waals surface area contributed by atoms with Crippen molar-refractivity contribution in [3.63, 3.8) is 0 Å². The van der Waals surface area contributed by atoms with Crippen molar-refractivity contribution in [1.29, 1.82) is 0 Å². The summed E-state index contributed by atoms with van der Waals surface area (Å²) in [5.41, 5.74) is 0.297. The molecule has 0 aromatic heterocycles.